The van der Waals surface area contributed by atoms with Gasteiger partial charge in [0.2, 0.25) is 0 Å². The van der Waals surface area contributed by atoms with Crippen molar-refractivity contribution in [1.82, 2.24) is 4.98 Å². The van der Waals surface area contributed by atoms with Gasteiger partial charge in [0.05, 0.1) is 17.2 Å². The number of nitrogens with zero attached hydrogens (tertiary/aromatic N) is 1. The lowest BCUT2D eigenvalue weighted by molar-refractivity contribution is -0.140. The van der Waals surface area contributed by atoms with Gasteiger partial charge in [-0.05, 0) is 18.6 Å². The molecule has 0 saturated heterocycles. The molecule has 1 aromatic heterocycles. The van der Waals surface area contributed by atoms with Crippen LogP contribution in [0.2, 0.25) is 0 Å². The van der Waals surface area contributed by atoms with Crippen LogP contribution in [0, 0.1) is 5.92 Å². The zero-order valence-corrected chi connectivity index (χ0v) is 8.03. The van der Waals surface area contributed by atoms with E-state index in [-0.39, 0.29) is 12.1 Å². The Labute approximate surface area is 88.9 Å². The largest absolute Gasteiger partial charge is 0.481 e. The minimum absolute atomic E-state index is 0.151. The number of carbonyl (C=O) groups is 1. The second-order valence-electron chi connectivity index (χ2n) is 3.72. The third-order valence-corrected chi connectivity index (χ3v) is 2.60. The highest BCUT2D eigenvalue weighted by molar-refractivity contribution is 5.75. The van der Waals surface area contributed by atoms with Crippen molar-refractivity contribution in [3.63, 3.8) is 0 Å². The van der Waals surface area contributed by atoms with Gasteiger partial charge in [0.1, 0.15) is 0 Å². The van der Waals surface area contributed by atoms with Crippen molar-refractivity contribution in [1.29, 1.82) is 0 Å². The van der Waals surface area contributed by atoms with E-state index in [2.05, 4.69) is 4.98 Å². The second-order valence-corrected chi connectivity index (χ2v) is 3.72. The van der Waals surface area contributed by atoms with Gasteiger partial charge in [0.25, 0.3) is 0 Å². The van der Waals surface area contributed by atoms with Crippen molar-refractivity contribution in [2.45, 2.75) is 18.5 Å². The molecule has 86 valence electrons. The Morgan fingerprint density at radius 3 is 2.69 bits per heavy atom. The number of pyridine rings is 1. The summed E-state index contributed by atoms with van der Waals surface area (Å²) >= 11 is 0. The first kappa shape index (κ1) is 10.9. The van der Waals surface area contributed by atoms with E-state index in [9.17, 15) is 18.0 Å². The molecular weight excluding hydrogens is 223 g/mol. The minimum Gasteiger partial charge on any atom is -0.481 e. The Balaban J connectivity index is 2.33. The molecule has 1 aliphatic carbocycles. The third-order valence-electron chi connectivity index (χ3n) is 2.60. The molecule has 1 N–H and O–H groups in total. The third kappa shape index (κ3) is 1.87. The Morgan fingerprint density at radius 1 is 1.50 bits per heavy atom. The van der Waals surface area contributed by atoms with Gasteiger partial charge in [-0.15, -0.1) is 0 Å². The molecule has 1 aliphatic rings. The van der Waals surface area contributed by atoms with Gasteiger partial charge in [-0.2, -0.15) is 13.2 Å². The van der Waals surface area contributed by atoms with E-state index < -0.39 is 29.5 Å². The highest BCUT2D eigenvalue weighted by atomic mass is 19.4. The summed E-state index contributed by atoms with van der Waals surface area (Å²) < 4.78 is 37.7. The van der Waals surface area contributed by atoms with Gasteiger partial charge in [-0.1, -0.05) is 0 Å². The van der Waals surface area contributed by atoms with Crippen LogP contribution < -0.4 is 0 Å². The molecule has 0 bridgehead atoms. The molecule has 0 amide bonds. The summed E-state index contributed by atoms with van der Waals surface area (Å²) in [7, 11) is 0. The Bertz CT molecular complexity index is 430. The van der Waals surface area contributed by atoms with Crippen molar-refractivity contribution >= 4 is 5.97 Å². The van der Waals surface area contributed by atoms with Crippen molar-refractivity contribution < 1.29 is 23.1 Å². The lowest BCUT2D eigenvalue weighted by Crippen LogP contribution is -2.11. The summed E-state index contributed by atoms with van der Waals surface area (Å²) in [5, 5.41) is 8.67. The Hall–Kier alpha value is -1.59. The standard InChI is InChI=1S/C10H8F3NO2/c11-10(12,13)7-2-1-3-14-8(7)5-4-6(5)9(15)16/h1-3,5-6H,4H2,(H,15,16). The number of alkyl halides is 3. The van der Waals surface area contributed by atoms with Crippen molar-refractivity contribution in [2.75, 3.05) is 0 Å². The maximum Gasteiger partial charge on any atom is 0.418 e. The number of aromatic nitrogens is 1. The van der Waals surface area contributed by atoms with Gasteiger partial charge in [-0.3, -0.25) is 9.78 Å². The monoisotopic (exact) mass is 231 g/mol. The predicted octanol–water partition coefficient (Wildman–Crippen LogP) is 2.29. The normalized spacial score (nSPS) is 24.2. The highest BCUT2D eigenvalue weighted by Gasteiger charge is 2.49. The molecule has 1 aromatic rings. The quantitative estimate of drug-likeness (QED) is 0.849. The van der Waals surface area contributed by atoms with Gasteiger partial charge in [0, 0.05) is 12.1 Å². The molecule has 2 rings (SSSR count). The molecule has 1 saturated carbocycles. The molecule has 2 unspecified atom stereocenters. The van der Waals surface area contributed by atoms with Gasteiger partial charge in [-0.25, -0.2) is 0 Å². The summed E-state index contributed by atoms with van der Waals surface area (Å²) in [6, 6.07) is 2.13. The molecule has 0 spiro atoms. The predicted molar refractivity (Wildman–Crippen MR) is 47.7 cm³/mol. The maximum absolute atomic E-state index is 12.6. The molecule has 1 fully saturated rings. The van der Waals surface area contributed by atoms with E-state index in [4.69, 9.17) is 5.11 Å². The molecule has 0 aromatic carbocycles. The minimum atomic E-state index is -4.48. The number of rotatable bonds is 2. The number of carboxylic acid groups (broad SMARTS) is 1. The highest BCUT2D eigenvalue weighted by Crippen LogP contribution is 2.50. The summed E-state index contributed by atoms with van der Waals surface area (Å²) in [5.41, 5.74) is -0.980. The number of hydrogen-bond acceptors (Lipinski definition) is 2. The summed E-state index contributed by atoms with van der Waals surface area (Å²) in [5.74, 6) is -2.39. The summed E-state index contributed by atoms with van der Waals surface area (Å²) in [4.78, 5) is 14.3. The van der Waals surface area contributed by atoms with Crippen LogP contribution in [0.15, 0.2) is 18.3 Å². The van der Waals surface area contributed by atoms with Gasteiger partial charge < -0.3 is 5.11 Å². The van der Waals surface area contributed by atoms with E-state index in [0.717, 1.165) is 6.07 Å². The zero-order valence-electron chi connectivity index (χ0n) is 8.03. The van der Waals surface area contributed by atoms with Crippen LogP contribution in [0.4, 0.5) is 13.2 Å². The van der Waals surface area contributed by atoms with Crippen LogP contribution in [0.5, 0.6) is 0 Å². The van der Waals surface area contributed by atoms with Crippen molar-refractivity contribution in [3.05, 3.63) is 29.6 Å². The molecule has 0 radical (unpaired) electrons. The fraction of sp³-hybridized carbons (Fsp3) is 0.400. The number of halogens is 3. The van der Waals surface area contributed by atoms with E-state index in [1.54, 1.807) is 0 Å². The van der Waals surface area contributed by atoms with E-state index in [0.29, 0.717) is 0 Å². The van der Waals surface area contributed by atoms with Crippen LogP contribution in [0.1, 0.15) is 23.6 Å². The van der Waals surface area contributed by atoms with E-state index in [1.165, 1.54) is 12.3 Å². The average Bonchev–Trinajstić information content (AvgIpc) is 2.95. The van der Waals surface area contributed by atoms with Crippen LogP contribution in [-0.4, -0.2) is 16.1 Å². The fourth-order valence-electron chi connectivity index (χ4n) is 1.72. The first-order valence-corrected chi connectivity index (χ1v) is 4.66. The lowest BCUT2D eigenvalue weighted by atomic mass is 10.1. The first-order valence-electron chi connectivity index (χ1n) is 4.66. The van der Waals surface area contributed by atoms with Crippen molar-refractivity contribution in [3.8, 4) is 0 Å². The van der Waals surface area contributed by atoms with Crippen LogP contribution in [-0.2, 0) is 11.0 Å². The molecule has 16 heavy (non-hydrogen) atoms. The van der Waals surface area contributed by atoms with E-state index >= 15 is 0 Å². The van der Waals surface area contributed by atoms with Crippen molar-refractivity contribution in [2.24, 2.45) is 5.92 Å². The smallest absolute Gasteiger partial charge is 0.418 e. The van der Waals surface area contributed by atoms with Crippen LogP contribution in [0.3, 0.4) is 0 Å². The van der Waals surface area contributed by atoms with E-state index in [1.807, 2.05) is 0 Å². The molecular formula is C10H8F3NO2. The molecule has 6 heteroatoms. The second kappa shape index (κ2) is 3.47. The SMILES string of the molecule is O=C(O)C1CC1c1ncccc1C(F)(F)F. The Kier molecular flexibility index (Phi) is 2.36. The average molecular weight is 231 g/mol. The summed E-state index contributed by atoms with van der Waals surface area (Å²) in [6.07, 6.45) is -2.99. The first-order chi connectivity index (χ1) is 7.41. The van der Waals surface area contributed by atoms with Crippen LogP contribution in [0.25, 0.3) is 0 Å². The Morgan fingerprint density at radius 2 is 2.19 bits per heavy atom. The lowest BCUT2D eigenvalue weighted by Gasteiger charge is -2.10. The molecule has 0 aliphatic heterocycles. The maximum atomic E-state index is 12.6. The molecule has 3 nitrogen and oxygen atoms in total. The molecule has 1 heterocycles. The molecule has 2 atom stereocenters. The number of aliphatic carboxylic acids is 1. The van der Waals surface area contributed by atoms with Gasteiger partial charge >= 0.3 is 12.1 Å². The van der Waals surface area contributed by atoms with Crippen LogP contribution >= 0.6 is 0 Å². The number of hydrogen-bond donors (Lipinski definition) is 1. The fourth-order valence-corrected chi connectivity index (χ4v) is 1.72. The topological polar surface area (TPSA) is 50.2 Å². The summed E-state index contributed by atoms with van der Waals surface area (Å²) in [6.45, 7) is 0. The van der Waals surface area contributed by atoms with Gasteiger partial charge in [0.15, 0.2) is 0 Å². The zero-order chi connectivity index (χ0) is 11.9. The number of carboxylic acids is 1.